The van der Waals surface area contributed by atoms with Gasteiger partial charge in [-0.25, -0.2) is 9.67 Å². The molecular weight excluding hydrogens is 515 g/mol. The van der Waals surface area contributed by atoms with Crippen LogP contribution in [0.4, 0.5) is 19.0 Å². The zero-order chi connectivity index (χ0) is 26.7. The first-order chi connectivity index (χ1) is 18.3. The van der Waals surface area contributed by atoms with Gasteiger partial charge in [-0.1, -0.05) is 36.4 Å². The van der Waals surface area contributed by atoms with Crippen LogP contribution in [0.3, 0.4) is 0 Å². The molecule has 0 amide bonds. The van der Waals surface area contributed by atoms with Crippen molar-refractivity contribution in [1.29, 1.82) is 0 Å². The highest BCUT2D eigenvalue weighted by molar-refractivity contribution is 7.80. The zero-order valence-electron chi connectivity index (χ0n) is 19.9. The molecule has 0 aliphatic carbocycles. The number of aromatic nitrogens is 4. The van der Waals surface area contributed by atoms with Gasteiger partial charge < -0.3 is 10.1 Å². The highest BCUT2D eigenvalue weighted by Crippen LogP contribution is 2.28. The van der Waals surface area contributed by atoms with Crippen LogP contribution in [0.2, 0.25) is 0 Å². The van der Waals surface area contributed by atoms with Gasteiger partial charge in [0.25, 0.3) is 0 Å². The predicted octanol–water partition coefficient (Wildman–Crippen LogP) is 5.75. The summed E-state index contributed by atoms with van der Waals surface area (Å²) in [4.78, 5) is 4.30. The van der Waals surface area contributed by atoms with Gasteiger partial charge in [0, 0.05) is 11.6 Å². The summed E-state index contributed by atoms with van der Waals surface area (Å²) >= 11 is 5.31. The molecular formula is C26H20F3N7OS. The molecule has 192 valence electrons. The Morgan fingerprint density at radius 1 is 1.11 bits per heavy atom. The number of thiocarbonyl (C=S) groups is 1. The number of hydrazone groups is 1. The molecule has 0 unspecified atom stereocenters. The zero-order valence-corrected chi connectivity index (χ0v) is 20.7. The van der Waals surface area contributed by atoms with Gasteiger partial charge in [0.15, 0.2) is 5.11 Å². The van der Waals surface area contributed by atoms with Gasteiger partial charge in [-0.15, -0.1) is 18.3 Å². The average Bonchev–Trinajstić information content (AvgIpc) is 3.33. The Kier molecular flexibility index (Phi) is 6.88. The van der Waals surface area contributed by atoms with Gasteiger partial charge in [0.05, 0.1) is 17.4 Å². The van der Waals surface area contributed by atoms with E-state index in [1.165, 1.54) is 24.3 Å². The summed E-state index contributed by atoms with van der Waals surface area (Å²) < 4.78 is 42.8. The molecule has 0 saturated heterocycles. The maximum absolute atomic E-state index is 12.4. The van der Waals surface area contributed by atoms with Crippen molar-refractivity contribution in [2.45, 2.75) is 19.7 Å². The first-order valence-corrected chi connectivity index (χ1v) is 11.9. The Balaban J connectivity index is 1.31. The van der Waals surface area contributed by atoms with Gasteiger partial charge in [0.1, 0.15) is 17.1 Å². The fraction of sp³-hybridized carbons (Fsp3) is 0.115. The van der Waals surface area contributed by atoms with Crippen molar-refractivity contribution in [3.8, 4) is 11.4 Å². The summed E-state index contributed by atoms with van der Waals surface area (Å²) in [5, 5.41) is 17.9. The van der Waals surface area contributed by atoms with Crippen LogP contribution < -0.4 is 15.5 Å². The lowest BCUT2D eigenvalue weighted by Gasteiger charge is -2.09. The Morgan fingerprint density at radius 2 is 1.92 bits per heavy atom. The van der Waals surface area contributed by atoms with Gasteiger partial charge in [-0.3, -0.25) is 5.43 Å². The minimum Gasteiger partial charge on any atom is -0.406 e. The van der Waals surface area contributed by atoms with Crippen LogP contribution in [0.15, 0.2) is 78.0 Å². The molecule has 0 aliphatic heterocycles. The SMILES string of the molecule is CCc1cccnc1NC(=S)NN=Cc1ccc2c(ccc3c2nnn3-c2ccc(OC(F)(F)F)cc2)c1. The standard InChI is InChI=1S/C26H20F3N7OS/c1-2-17-4-3-13-30-24(17)32-25(38)34-31-15-16-5-11-21-18(14-16)6-12-22-23(21)33-35-36(22)19-7-9-20(10-8-19)37-26(27,28)29/h3-15H,2H2,1H3,(H2,30,32,34,38). The Morgan fingerprint density at radius 3 is 2.68 bits per heavy atom. The summed E-state index contributed by atoms with van der Waals surface area (Å²) in [5.74, 6) is 0.384. The first-order valence-electron chi connectivity index (χ1n) is 11.5. The van der Waals surface area contributed by atoms with Crippen LogP contribution in [0.5, 0.6) is 5.75 Å². The van der Waals surface area contributed by atoms with Crippen molar-refractivity contribution in [2.24, 2.45) is 5.10 Å². The van der Waals surface area contributed by atoms with Gasteiger partial charge in [0.2, 0.25) is 0 Å². The van der Waals surface area contributed by atoms with Crippen molar-refractivity contribution in [3.63, 3.8) is 0 Å². The number of alkyl halides is 3. The number of nitrogens with zero attached hydrogens (tertiary/aromatic N) is 5. The van der Waals surface area contributed by atoms with E-state index < -0.39 is 6.36 Å². The topological polar surface area (TPSA) is 89.3 Å². The van der Waals surface area contributed by atoms with E-state index in [2.05, 4.69) is 35.9 Å². The average molecular weight is 536 g/mol. The Hall–Kier alpha value is -4.58. The molecule has 2 heterocycles. The van der Waals surface area contributed by atoms with E-state index in [1.54, 1.807) is 17.1 Å². The molecule has 0 saturated carbocycles. The van der Waals surface area contributed by atoms with Crippen LogP contribution in [0.25, 0.3) is 27.5 Å². The molecule has 0 bridgehead atoms. The van der Waals surface area contributed by atoms with Gasteiger partial charge >= 0.3 is 6.36 Å². The third kappa shape index (κ3) is 5.54. The number of fused-ring (bicyclic) bond motifs is 3. The fourth-order valence-corrected chi connectivity index (χ4v) is 4.08. The highest BCUT2D eigenvalue weighted by atomic mass is 32.1. The van der Waals surface area contributed by atoms with E-state index in [9.17, 15) is 13.2 Å². The van der Waals surface area contributed by atoms with Crippen LogP contribution in [-0.2, 0) is 6.42 Å². The van der Waals surface area contributed by atoms with Gasteiger partial charge in [-0.2, -0.15) is 5.10 Å². The van der Waals surface area contributed by atoms with Crippen molar-refractivity contribution in [3.05, 3.63) is 84.1 Å². The van der Waals surface area contributed by atoms with E-state index in [1.807, 2.05) is 49.4 Å². The second-order valence-electron chi connectivity index (χ2n) is 8.15. The molecule has 0 atom stereocenters. The van der Waals surface area contributed by atoms with Crippen molar-refractivity contribution in [1.82, 2.24) is 25.4 Å². The van der Waals surface area contributed by atoms with Crippen molar-refractivity contribution >= 4 is 51.2 Å². The normalized spacial score (nSPS) is 11.8. The van der Waals surface area contributed by atoms with E-state index in [0.29, 0.717) is 27.7 Å². The quantitative estimate of drug-likeness (QED) is 0.163. The fourth-order valence-electron chi connectivity index (χ4n) is 3.93. The lowest BCUT2D eigenvalue weighted by atomic mass is 10.1. The Bertz CT molecular complexity index is 1650. The number of hydrogen-bond donors (Lipinski definition) is 2. The summed E-state index contributed by atoms with van der Waals surface area (Å²) in [6.07, 6.45) is -0.579. The number of hydrogen-bond acceptors (Lipinski definition) is 6. The number of benzene rings is 3. The molecule has 8 nitrogen and oxygen atoms in total. The minimum atomic E-state index is -4.75. The van der Waals surface area contributed by atoms with Crippen LogP contribution in [0.1, 0.15) is 18.1 Å². The number of halogens is 3. The first kappa shape index (κ1) is 25.1. The molecule has 3 aromatic carbocycles. The summed E-state index contributed by atoms with van der Waals surface area (Å²) in [6, 6.07) is 18.8. The highest BCUT2D eigenvalue weighted by Gasteiger charge is 2.31. The lowest BCUT2D eigenvalue weighted by molar-refractivity contribution is -0.274. The van der Waals surface area contributed by atoms with E-state index >= 15 is 0 Å². The molecule has 38 heavy (non-hydrogen) atoms. The molecule has 5 rings (SSSR count). The molecule has 0 fully saturated rings. The lowest BCUT2D eigenvalue weighted by Crippen LogP contribution is -2.25. The molecule has 5 aromatic rings. The number of nitrogens with one attached hydrogen (secondary N) is 2. The number of rotatable bonds is 6. The summed E-state index contributed by atoms with van der Waals surface area (Å²) in [7, 11) is 0. The van der Waals surface area contributed by atoms with Crippen LogP contribution >= 0.6 is 12.2 Å². The number of anilines is 1. The van der Waals surface area contributed by atoms with Crippen LogP contribution in [0, 0.1) is 0 Å². The summed E-state index contributed by atoms with van der Waals surface area (Å²) in [6.45, 7) is 2.04. The largest absolute Gasteiger partial charge is 0.573 e. The summed E-state index contributed by atoms with van der Waals surface area (Å²) in [5.41, 5.74) is 6.61. The number of ether oxygens (including phenoxy) is 1. The second-order valence-corrected chi connectivity index (χ2v) is 8.55. The van der Waals surface area contributed by atoms with E-state index in [4.69, 9.17) is 12.2 Å². The smallest absolute Gasteiger partial charge is 0.406 e. The van der Waals surface area contributed by atoms with Crippen molar-refractivity contribution in [2.75, 3.05) is 5.32 Å². The second kappa shape index (κ2) is 10.4. The third-order valence-electron chi connectivity index (χ3n) is 5.66. The molecule has 2 N–H and O–H groups in total. The van der Waals surface area contributed by atoms with Gasteiger partial charge in [-0.05, 0) is 77.6 Å². The molecule has 0 aliphatic rings. The molecule has 2 aromatic heterocycles. The molecule has 0 spiro atoms. The van der Waals surface area contributed by atoms with Crippen molar-refractivity contribution < 1.29 is 17.9 Å². The maximum atomic E-state index is 12.4. The van der Waals surface area contributed by atoms with E-state index in [0.717, 1.165) is 28.3 Å². The minimum absolute atomic E-state index is 0.307. The third-order valence-corrected chi connectivity index (χ3v) is 5.85. The predicted molar refractivity (Wildman–Crippen MR) is 144 cm³/mol. The van der Waals surface area contributed by atoms with Crippen LogP contribution in [-0.4, -0.2) is 37.7 Å². The molecule has 12 heteroatoms. The monoisotopic (exact) mass is 535 g/mol. The molecule has 0 radical (unpaired) electrons. The maximum Gasteiger partial charge on any atom is 0.573 e. The Labute approximate surface area is 220 Å². The number of pyridine rings is 1. The number of aryl methyl sites for hydroxylation is 1. The van der Waals surface area contributed by atoms with E-state index in [-0.39, 0.29) is 5.75 Å².